The highest BCUT2D eigenvalue weighted by molar-refractivity contribution is 5.20. The standard InChI is InChI=1S/C15H24N2/c1-12(11-16)17-15-9-7-14(8-10-15)13-5-3-2-4-6-13/h2-6,12,14-15,17H,7-11,16H2,1H3. The van der Waals surface area contributed by atoms with E-state index in [9.17, 15) is 0 Å². The molecule has 0 heterocycles. The van der Waals surface area contributed by atoms with Crippen LogP contribution >= 0.6 is 0 Å². The maximum Gasteiger partial charge on any atom is 0.0164 e. The summed E-state index contributed by atoms with van der Waals surface area (Å²) >= 11 is 0. The summed E-state index contributed by atoms with van der Waals surface area (Å²) in [4.78, 5) is 0. The summed E-state index contributed by atoms with van der Waals surface area (Å²) in [7, 11) is 0. The molecule has 1 atom stereocenters. The minimum absolute atomic E-state index is 0.452. The van der Waals surface area contributed by atoms with Gasteiger partial charge in [-0.05, 0) is 44.1 Å². The second-order valence-electron chi connectivity index (χ2n) is 5.26. The van der Waals surface area contributed by atoms with Gasteiger partial charge in [-0.3, -0.25) is 0 Å². The Morgan fingerprint density at radius 2 is 1.82 bits per heavy atom. The third-order valence-corrected chi connectivity index (χ3v) is 3.87. The molecule has 94 valence electrons. The molecule has 0 amide bonds. The average Bonchev–Trinajstić information content (AvgIpc) is 2.40. The van der Waals surface area contributed by atoms with Gasteiger partial charge in [-0.15, -0.1) is 0 Å². The Morgan fingerprint density at radius 3 is 2.41 bits per heavy atom. The van der Waals surface area contributed by atoms with E-state index in [2.05, 4.69) is 42.6 Å². The van der Waals surface area contributed by atoms with Gasteiger partial charge in [0.25, 0.3) is 0 Å². The van der Waals surface area contributed by atoms with Crippen LogP contribution in [-0.2, 0) is 0 Å². The van der Waals surface area contributed by atoms with Crippen molar-refractivity contribution in [3.8, 4) is 0 Å². The highest BCUT2D eigenvalue weighted by atomic mass is 15.0. The smallest absolute Gasteiger partial charge is 0.0164 e. The topological polar surface area (TPSA) is 38.0 Å². The molecule has 1 unspecified atom stereocenters. The Bertz CT molecular complexity index is 315. The van der Waals surface area contributed by atoms with Crippen LogP contribution in [0.15, 0.2) is 30.3 Å². The van der Waals surface area contributed by atoms with Crippen LogP contribution in [0, 0.1) is 0 Å². The number of benzene rings is 1. The van der Waals surface area contributed by atoms with E-state index < -0.39 is 0 Å². The molecule has 1 aliphatic rings. The molecule has 1 aromatic rings. The first kappa shape index (κ1) is 12.6. The van der Waals surface area contributed by atoms with E-state index in [-0.39, 0.29) is 0 Å². The molecule has 0 spiro atoms. The quantitative estimate of drug-likeness (QED) is 0.837. The zero-order valence-electron chi connectivity index (χ0n) is 10.7. The highest BCUT2D eigenvalue weighted by Crippen LogP contribution is 2.32. The lowest BCUT2D eigenvalue weighted by molar-refractivity contribution is 0.321. The second-order valence-corrected chi connectivity index (χ2v) is 5.26. The van der Waals surface area contributed by atoms with Crippen molar-refractivity contribution in [2.75, 3.05) is 6.54 Å². The minimum atomic E-state index is 0.452. The van der Waals surface area contributed by atoms with Crippen LogP contribution in [0.4, 0.5) is 0 Å². The molecule has 0 bridgehead atoms. The molecule has 1 saturated carbocycles. The van der Waals surface area contributed by atoms with Crippen molar-refractivity contribution in [3.63, 3.8) is 0 Å². The van der Waals surface area contributed by atoms with Gasteiger partial charge in [-0.25, -0.2) is 0 Å². The molecule has 2 heteroatoms. The zero-order valence-corrected chi connectivity index (χ0v) is 10.7. The monoisotopic (exact) mass is 232 g/mol. The average molecular weight is 232 g/mol. The van der Waals surface area contributed by atoms with E-state index in [1.165, 1.54) is 31.2 Å². The molecule has 0 radical (unpaired) electrons. The molecule has 0 aromatic heterocycles. The van der Waals surface area contributed by atoms with E-state index in [1.54, 1.807) is 0 Å². The van der Waals surface area contributed by atoms with Crippen LogP contribution in [0.5, 0.6) is 0 Å². The van der Waals surface area contributed by atoms with Crippen molar-refractivity contribution < 1.29 is 0 Å². The van der Waals surface area contributed by atoms with Crippen LogP contribution in [0.25, 0.3) is 0 Å². The van der Waals surface area contributed by atoms with Crippen LogP contribution in [0.3, 0.4) is 0 Å². The number of hydrogen-bond donors (Lipinski definition) is 2. The van der Waals surface area contributed by atoms with Crippen molar-refractivity contribution >= 4 is 0 Å². The van der Waals surface area contributed by atoms with Crippen molar-refractivity contribution in [1.29, 1.82) is 0 Å². The third kappa shape index (κ3) is 3.55. The molecule has 17 heavy (non-hydrogen) atoms. The second kappa shape index (κ2) is 6.18. The first-order valence-corrected chi connectivity index (χ1v) is 6.80. The fourth-order valence-corrected chi connectivity index (χ4v) is 2.79. The van der Waals surface area contributed by atoms with Gasteiger partial charge in [0.05, 0.1) is 0 Å². The van der Waals surface area contributed by atoms with Gasteiger partial charge >= 0.3 is 0 Å². The Morgan fingerprint density at radius 1 is 1.18 bits per heavy atom. The van der Waals surface area contributed by atoms with Crippen molar-refractivity contribution in [1.82, 2.24) is 5.32 Å². The SMILES string of the molecule is CC(CN)NC1CCC(c2ccccc2)CC1. The molecule has 1 aromatic carbocycles. The zero-order chi connectivity index (χ0) is 12.1. The summed E-state index contributed by atoms with van der Waals surface area (Å²) in [6.07, 6.45) is 5.17. The summed E-state index contributed by atoms with van der Waals surface area (Å²) < 4.78 is 0. The third-order valence-electron chi connectivity index (χ3n) is 3.87. The van der Waals surface area contributed by atoms with E-state index in [0.29, 0.717) is 12.1 Å². The summed E-state index contributed by atoms with van der Waals surface area (Å²) in [5.41, 5.74) is 7.16. The Kier molecular flexibility index (Phi) is 4.57. The van der Waals surface area contributed by atoms with Crippen molar-refractivity contribution in [2.24, 2.45) is 5.73 Å². The number of rotatable bonds is 4. The van der Waals surface area contributed by atoms with Gasteiger partial charge < -0.3 is 11.1 Å². The molecular formula is C15H24N2. The molecule has 2 nitrogen and oxygen atoms in total. The van der Waals surface area contributed by atoms with Gasteiger partial charge in [0.2, 0.25) is 0 Å². The first-order valence-electron chi connectivity index (χ1n) is 6.80. The molecule has 1 aliphatic carbocycles. The van der Waals surface area contributed by atoms with E-state index in [1.807, 2.05) is 0 Å². The molecule has 0 saturated heterocycles. The lowest BCUT2D eigenvalue weighted by Crippen LogP contribution is -2.42. The van der Waals surface area contributed by atoms with Gasteiger partial charge in [0.15, 0.2) is 0 Å². The fourth-order valence-electron chi connectivity index (χ4n) is 2.79. The fraction of sp³-hybridized carbons (Fsp3) is 0.600. The Labute approximate surface area is 105 Å². The lowest BCUT2D eigenvalue weighted by atomic mass is 9.81. The van der Waals surface area contributed by atoms with Gasteiger partial charge in [0, 0.05) is 18.6 Å². The molecular weight excluding hydrogens is 208 g/mol. The largest absolute Gasteiger partial charge is 0.329 e. The van der Waals surface area contributed by atoms with Gasteiger partial charge in [0.1, 0.15) is 0 Å². The van der Waals surface area contributed by atoms with Gasteiger partial charge in [-0.2, -0.15) is 0 Å². The predicted molar refractivity (Wildman–Crippen MR) is 73.1 cm³/mol. The molecule has 2 rings (SSSR count). The summed E-state index contributed by atoms with van der Waals surface area (Å²) in [5, 5.41) is 3.62. The molecule has 3 N–H and O–H groups in total. The van der Waals surface area contributed by atoms with Crippen molar-refractivity contribution in [3.05, 3.63) is 35.9 Å². The van der Waals surface area contributed by atoms with Gasteiger partial charge in [-0.1, -0.05) is 30.3 Å². The van der Waals surface area contributed by atoms with Crippen LogP contribution in [0.2, 0.25) is 0 Å². The van der Waals surface area contributed by atoms with Crippen LogP contribution in [-0.4, -0.2) is 18.6 Å². The first-order chi connectivity index (χ1) is 8.29. The van der Waals surface area contributed by atoms with E-state index in [0.717, 1.165) is 12.5 Å². The molecule has 1 fully saturated rings. The summed E-state index contributed by atoms with van der Waals surface area (Å²) in [6, 6.07) is 12.1. The Hall–Kier alpha value is -0.860. The van der Waals surface area contributed by atoms with Crippen LogP contribution < -0.4 is 11.1 Å². The number of nitrogens with two attached hydrogens (primary N) is 1. The van der Waals surface area contributed by atoms with E-state index >= 15 is 0 Å². The van der Waals surface area contributed by atoms with Crippen molar-refractivity contribution in [2.45, 2.75) is 50.6 Å². The number of nitrogens with one attached hydrogen (secondary N) is 1. The maximum atomic E-state index is 5.65. The highest BCUT2D eigenvalue weighted by Gasteiger charge is 2.22. The summed E-state index contributed by atoms with van der Waals surface area (Å²) in [6.45, 7) is 2.90. The predicted octanol–water partition coefficient (Wildman–Crippen LogP) is 2.65. The number of hydrogen-bond acceptors (Lipinski definition) is 2. The minimum Gasteiger partial charge on any atom is -0.329 e. The van der Waals surface area contributed by atoms with Crippen LogP contribution in [0.1, 0.15) is 44.1 Å². The van der Waals surface area contributed by atoms with E-state index in [4.69, 9.17) is 5.73 Å². The lowest BCUT2D eigenvalue weighted by Gasteiger charge is -2.31. The Balaban J connectivity index is 1.82. The normalized spacial score (nSPS) is 26.7. The summed E-state index contributed by atoms with van der Waals surface area (Å²) in [5.74, 6) is 0.766. The maximum absolute atomic E-state index is 5.65. The molecule has 0 aliphatic heterocycles.